The van der Waals surface area contributed by atoms with Crippen LogP contribution in [0.3, 0.4) is 0 Å². The highest BCUT2D eigenvalue weighted by Gasteiger charge is 2.03. The van der Waals surface area contributed by atoms with Gasteiger partial charge in [-0.05, 0) is 41.0 Å². The summed E-state index contributed by atoms with van der Waals surface area (Å²) in [5.74, 6) is 0. The van der Waals surface area contributed by atoms with Crippen molar-refractivity contribution in [3.8, 4) is 0 Å². The Morgan fingerprint density at radius 2 is 1.87 bits per heavy atom. The van der Waals surface area contributed by atoms with E-state index < -0.39 is 0 Å². The van der Waals surface area contributed by atoms with Crippen LogP contribution in [0.15, 0.2) is 10.1 Å². The Kier molecular flexibility index (Phi) is 6.75. The van der Waals surface area contributed by atoms with Gasteiger partial charge in [0, 0.05) is 12.1 Å². The molecule has 0 saturated carbocycles. The summed E-state index contributed by atoms with van der Waals surface area (Å²) in [5.41, 5.74) is 0.956. The molecule has 4 nitrogen and oxygen atoms in total. The molecule has 15 heavy (non-hydrogen) atoms. The average Bonchev–Trinajstić information content (AvgIpc) is 2.11. The minimum absolute atomic E-state index is 0.198. The number of rotatable bonds is 4. The van der Waals surface area contributed by atoms with Crippen molar-refractivity contribution in [2.75, 3.05) is 0 Å². The van der Waals surface area contributed by atoms with Crippen molar-refractivity contribution >= 4 is 11.7 Å². The van der Waals surface area contributed by atoms with Gasteiger partial charge in [0.1, 0.15) is 0 Å². The molecule has 0 bridgehead atoms. The lowest BCUT2D eigenvalue weighted by atomic mass is 10.3. The van der Waals surface area contributed by atoms with Crippen molar-refractivity contribution in [2.45, 2.75) is 60.0 Å². The van der Waals surface area contributed by atoms with E-state index in [2.05, 4.69) is 15.5 Å². The summed E-state index contributed by atoms with van der Waals surface area (Å²) < 4.78 is 0. The maximum absolute atomic E-state index is 5.24. The fourth-order valence-corrected chi connectivity index (χ4v) is 0.754. The van der Waals surface area contributed by atoms with Crippen LogP contribution in [-0.2, 0) is 4.84 Å². The Morgan fingerprint density at radius 3 is 2.27 bits per heavy atom. The van der Waals surface area contributed by atoms with Gasteiger partial charge in [-0.2, -0.15) is 0 Å². The van der Waals surface area contributed by atoms with Crippen LogP contribution < -0.4 is 5.32 Å². The van der Waals surface area contributed by atoms with Gasteiger partial charge in [0.2, 0.25) is 0 Å². The van der Waals surface area contributed by atoms with Crippen LogP contribution in [0.25, 0.3) is 0 Å². The molecule has 0 fully saturated rings. The topological polar surface area (TPSA) is 46.0 Å². The predicted octanol–water partition coefficient (Wildman–Crippen LogP) is 2.55. The maximum Gasteiger partial charge on any atom is 0.315 e. The fraction of sp³-hybridized carbons (Fsp3) is 0.818. The number of amidine groups is 1. The zero-order valence-electron chi connectivity index (χ0n) is 10.7. The van der Waals surface area contributed by atoms with E-state index in [-0.39, 0.29) is 6.04 Å². The number of oxime groups is 1. The van der Waals surface area contributed by atoms with Crippen molar-refractivity contribution in [2.24, 2.45) is 10.1 Å². The largest absolute Gasteiger partial charge is 0.336 e. The molecule has 4 heteroatoms. The molecule has 0 saturated heterocycles. The molecule has 0 aromatic rings. The van der Waals surface area contributed by atoms with Gasteiger partial charge in [-0.1, -0.05) is 12.1 Å². The summed E-state index contributed by atoms with van der Waals surface area (Å²) >= 11 is 0. The highest BCUT2D eigenvalue weighted by Crippen LogP contribution is 1.93. The minimum Gasteiger partial charge on any atom is -0.336 e. The van der Waals surface area contributed by atoms with E-state index in [9.17, 15) is 0 Å². The van der Waals surface area contributed by atoms with Crippen LogP contribution in [-0.4, -0.2) is 23.8 Å². The molecule has 0 spiro atoms. The van der Waals surface area contributed by atoms with Crippen LogP contribution in [0.5, 0.6) is 0 Å². The molecule has 0 radical (unpaired) electrons. The van der Waals surface area contributed by atoms with Gasteiger partial charge >= 0.3 is 6.02 Å². The third-order valence-electron chi connectivity index (χ3n) is 1.59. The quantitative estimate of drug-likeness (QED) is 0.443. The summed E-state index contributed by atoms with van der Waals surface area (Å²) in [6.45, 7) is 12.1. The third kappa shape index (κ3) is 7.97. The van der Waals surface area contributed by atoms with Crippen LogP contribution in [0.2, 0.25) is 0 Å². The summed E-state index contributed by atoms with van der Waals surface area (Å²) in [5, 5.41) is 7.08. The van der Waals surface area contributed by atoms with Crippen molar-refractivity contribution in [3.05, 3.63) is 0 Å². The molecular formula is C11H23N3O. The van der Waals surface area contributed by atoms with Gasteiger partial charge in [0.25, 0.3) is 0 Å². The highest BCUT2D eigenvalue weighted by atomic mass is 16.6. The first-order chi connectivity index (χ1) is 6.95. The Bertz CT molecular complexity index is 232. The molecule has 0 aromatic carbocycles. The zero-order chi connectivity index (χ0) is 11.8. The first-order valence-corrected chi connectivity index (χ1v) is 5.50. The molecule has 0 aliphatic carbocycles. The molecule has 0 aliphatic rings. The van der Waals surface area contributed by atoms with Gasteiger partial charge in [-0.15, -0.1) is 0 Å². The second-order valence-corrected chi connectivity index (χ2v) is 4.10. The number of nitrogens with zero attached hydrogens (tertiary/aromatic N) is 2. The zero-order valence-corrected chi connectivity index (χ0v) is 10.7. The van der Waals surface area contributed by atoms with Gasteiger partial charge in [-0.25, -0.2) is 4.99 Å². The van der Waals surface area contributed by atoms with Gasteiger partial charge in [-0.3, -0.25) is 0 Å². The lowest BCUT2D eigenvalue weighted by molar-refractivity contribution is 0.301. The molecule has 0 aliphatic heterocycles. The van der Waals surface area contributed by atoms with Crippen LogP contribution in [0.1, 0.15) is 48.0 Å². The second kappa shape index (κ2) is 7.26. The lowest BCUT2D eigenvalue weighted by Gasteiger charge is -2.11. The first kappa shape index (κ1) is 13.9. The Morgan fingerprint density at radius 1 is 1.27 bits per heavy atom. The number of hydrogen-bond acceptors (Lipinski definition) is 3. The number of aliphatic imine (C=N–C) groups is 1. The molecule has 0 amide bonds. The van der Waals surface area contributed by atoms with Crippen LogP contribution >= 0.6 is 0 Å². The summed E-state index contributed by atoms with van der Waals surface area (Å²) in [7, 11) is 0. The summed E-state index contributed by atoms with van der Waals surface area (Å²) in [4.78, 5) is 9.54. The highest BCUT2D eigenvalue weighted by molar-refractivity contribution is 5.82. The Hall–Kier alpha value is -1.06. The third-order valence-corrected chi connectivity index (χ3v) is 1.59. The van der Waals surface area contributed by atoms with E-state index in [1.807, 2.05) is 41.5 Å². The Labute approximate surface area is 92.8 Å². The fourth-order valence-electron chi connectivity index (χ4n) is 0.754. The van der Waals surface area contributed by atoms with Gasteiger partial charge in [0.05, 0.1) is 5.71 Å². The minimum atomic E-state index is 0.198. The summed E-state index contributed by atoms with van der Waals surface area (Å²) in [6.07, 6.45) is 0.886. The lowest BCUT2D eigenvalue weighted by Crippen LogP contribution is -2.32. The molecule has 0 rings (SSSR count). The molecule has 0 unspecified atom stereocenters. The first-order valence-electron chi connectivity index (χ1n) is 5.50. The maximum atomic E-state index is 5.24. The molecule has 0 heterocycles. The van der Waals surface area contributed by atoms with Crippen molar-refractivity contribution in [3.63, 3.8) is 0 Å². The van der Waals surface area contributed by atoms with E-state index in [0.717, 1.165) is 12.1 Å². The second-order valence-electron chi connectivity index (χ2n) is 4.10. The normalized spacial score (nSPS) is 13.6. The average molecular weight is 213 g/mol. The summed E-state index contributed by atoms with van der Waals surface area (Å²) in [6, 6.07) is 0.982. The van der Waals surface area contributed by atoms with Crippen molar-refractivity contribution < 1.29 is 4.84 Å². The molecular weight excluding hydrogens is 190 g/mol. The molecule has 0 aromatic heterocycles. The van der Waals surface area contributed by atoms with Crippen LogP contribution in [0, 0.1) is 0 Å². The van der Waals surface area contributed by atoms with Crippen molar-refractivity contribution in [1.82, 2.24) is 5.32 Å². The number of nitrogens with one attached hydrogen (secondary N) is 1. The van der Waals surface area contributed by atoms with Crippen molar-refractivity contribution in [1.29, 1.82) is 0 Å². The van der Waals surface area contributed by atoms with E-state index in [0.29, 0.717) is 12.1 Å². The van der Waals surface area contributed by atoms with Crippen LogP contribution in [0.4, 0.5) is 0 Å². The predicted molar refractivity (Wildman–Crippen MR) is 65.3 cm³/mol. The number of hydrogen-bond donors (Lipinski definition) is 1. The van der Waals surface area contributed by atoms with E-state index in [4.69, 9.17) is 4.84 Å². The SMILES string of the molecule is CC/C(C)=N\OC(=NC(C)C)NC(C)C. The molecule has 88 valence electrons. The van der Waals surface area contributed by atoms with E-state index >= 15 is 0 Å². The van der Waals surface area contributed by atoms with Gasteiger partial charge in [0.15, 0.2) is 0 Å². The smallest absolute Gasteiger partial charge is 0.315 e. The molecule has 1 N–H and O–H groups in total. The molecule has 0 atom stereocenters. The van der Waals surface area contributed by atoms with E-state index in [1.54, 1.807) is 0 Å². The van der Waals surface area contributed by atoms with Gasteiger partial charge < -0.3 is 10.2 Å². The standard InChI is InChI=1S/C11H23N3O/c1-7-10(6)14-15-11(12-8(2)3)13-9(4)5/h8-9H,7H2,1-6H3,(H,12,13)/b14-10-. The van der Waals surface area contributed by atoms with E-state index in [1.165, 1.54) is 0 Å². The monoisotopic (exact) mass is 213 g/mol. The Balaban J connectivity index is 4.38.